The summed E-state index contributed by atoms with van der Waals surface area (Å²) in [5.74, 6) is -0.0299. The first-order valence-corrected chi connectivity index (χ1v) is 4.76. The van der Waals surface area contributed by atoms with Crippen molar-refractivity contribution in [2.75, 3.05) is 6.54 Å². The van der Waals surface area contributed by atoms with E-state index in [-0.39, 0.29) is 5.91 Å². The van der Waals surface area contributed by atoms with Crippen molar-refractivity contribution in [2.24, 2.45) is 0 Å². The molecule has 0 saturated heterocycles. The minimum atomic E-state index is -0.0299. The molecule has 0 saturated carbocycles. The number of nitrogens with one attached hydrogen (secondary N) is 1. The first-order valence-electron chi connectivity index (χ1n) is 4.31. The van der Waals surface area contributed by atoms with E-state index in [4.69, 9.17) is 0 Å². The predicted molar refractivity (Wildman–Crippen MR) is 56.3 cm³/mol. The number of carbonyl (C=O) groups is 1. The van der Waals surface area contributed by atoms with Gasteiger partial charge in [-0.25, -0.2) is 0 Å². The molecule has 0 aliphatic carbocycles. The maximum absolute atomic E-state index is 11.4. The highest BCUT2D eigenvalue weighted by atomic mass is 32.1. The molecule has 0 radical (unpaired) electrons. The molecule has 1 aromatic rings. The smallest absolute Gasteiger partial charge is 0.251 e. The molecule has 1 amide bonds. The van der Waals surface area contributed by atoms with Gasteiger partial charge in [0, 0.05) is 17.0 Å². The first-order chi connectivity index (χ1) is 6.24. The molecule has 70 valence electrons. The molecule has 0 heterocycles. The van der Waals surface area contributed by atoms with Crippen LogP contribution in [0.1, 0.15) is 23.7 Å². The highest BCUT2D eigenvalue weighted by Gasteiger charge is 2.02. The molecular formula is C10H13NOS. The fourth-order valence-electron chi connectivity index (χ4n) is 0.988. The molecule has 0 spiro atoms. The van der Waals surface area contributed by atoms with Crippen molar-refractivity contribution in [3.63, 3.8) is 0 Å². The summed E-state index contributed by atoms with van der Waals surface area (Å²) in [4.78, 5) is 12.2. The van der Waals surface area contributed by atoms with Gasteiger partial charge in [0.2, 0.25) is 0 Å². The zero-order valence-electron chi connectivity index (χ0n) is 7.58. The van der Waals surface area contributed by atoms with Gasteiger partial charge in [-0.2, -0.15) is 0 Å². The summed E-state index contributed by atoms with van der Waals surface area (Å²) >= 11 is 4.16. The van der Waals surface area contributed by atoms with E-state index in [9.17, 15) is 4.79 Å². The average molecular weight is 195 g/mol. The van der Waals surface area contributed by atoms with Gasteiger partial charge in [0.05, 0.1) is 0 Å². The van der Waals surface area contributed by atoms with Crippen LogP contribution in [0.3, 0.4) is 0 Å². The number of hydrogen-bond acceptors (Lipinski definition) is 2. The second-order valence-corrected chi connectivity index (χ2v) is 3.32. The number of benzene rings is 1. The Kier molecular flexibility index (Phi) is 3.83. The Bertz CT molecular complexity index is 299. The number of hydrogen-bond donors (Lipinski definition) is 2. The lowest BCUT2D eigenvalue weighted by atomic mass is 10.2. The lowest BCUT2D eigenvalue weighted by molar-refractivity contribution is 0.0953. The molecular weight excluding hydrogens is 182 g/mol. The first kappa shape index (κ1) is 10.1. The minimum absolute atomic E-state index is 0.0299. The molecule has 13 heavy (non-hydrogen) atoms. The van der Waals surface area contributed by atoms with Crippen LogP contribution in [-0.2, 0) is 0 Å². The summed E-state index contributed by atoms with van der Waals surface area (Å²) in [5.41, 5.74) is 0.668. The lowest BCUT2D eigenvalue weighted by Gasteiger charge is -2.03. The number of rotatable bonds is 3. The van der Waals surface area contributed by atoms with E-state index in [2.05, 4.69) is 17.9 Å². The van der Waals surface area contributed by atoms with Gasteiger partial charge in [-0.15, -0.1) is 12.6 Å². The molecule has 1 rings (SSSR count). The Labute approximate surface area is 83.8 Å². The van der Waals surface area contributed by atoms with Gasteiger partial charge in [-0.05, 0) is 24.6 Å². The van der Waals surface area contributed by atoms with Crippen LogP contribution in [0.2, 0.25) is 0 Å². The van der Waals surface area contributed by atoms with Crippen molar-refractivity contribution in [1.82, 2.24) is 5.32 Å². The molecule has 1 aromatic carbocycles. The van der Waals surface area contributed by atoms with Crippen LogP contribution in [0.5, 0.6) is 0 Å². The third-order valence-electron chi connectivity index (χ3n) is 1.64. The monoisotopic (exact) mass is 195 g/mol. The van der Waals surface area contributed by atoms with Crippen LogP contribution in [0.25, 0.3) is 0 Å². The summed E-state index contributed by atoms with van der Waals surface area (Å²) in [7, 11) is 0. The maximum Gasteiger partial charge on any atom is 0.251 e. The zero-order chi connectivity index (χ0) is 9.68. The van der Waals surface area contributed by atoms with E-state index in [1.807, 2.05) is 19.1 Å². The van der Waals surface area contributed by atoms with Crippen molar-refractivity contribution in [3.05, 3.63) is 29.8 Å². The average Bonchev–Trinajstić information content (AvgIpc) is 2.14. The topological polar surface area (TPSA) is 29.1 Å². The fraction of sp³-hybridized carbons (Fsp3) is 0.300. The summed E-state index contributed by atoms with van der Waals surface area (Å²) in [6.45, 7) is 2.74. The SMILES string of the molecule is CCCNC(=O)c1cccc(S)c1. The van der Waals surface area contributed by atoms with E-state index >= 15 is 0 Å². The van der Waals surface area contributed by atoms with Crippen molar-refractivity contribution in [1.29, 1.82) is 0 Å². The quantitative estimate of drug-likeness (QED) is 0.711. The summed E-state index contributed by atoms with van der Waals surface area (Å²) in [6, 6.07) is 7.21. The van der Waals surface area contributed by atoms with E-state index in [0.717, 1.165) is 17.9 Å². The Morgan fingerprint density at radius 1 is 1.54 bits per heavy atom. The van der Waals surface area contributed by atoms with Gasteiger partial charge >= 0.3 is 0 Å². The number of thiol groups is 1. The van der Waals surface area contributed by atoms with Gasteiger partial charge in [0.25, 0.3) is 5.91 Å². The lowest BCUT2D eigenvalue weighted by Crippen LogP contribution is -2.23. The van der Waals surface area contributed by atoms with E-state index in [1.165, 1.54) is 0 Å². The molecule has 2 nitrogen and oxygen atoms in total. The molecule has 1 N–H and O–H groups in total. The van der Waals surface area contributed by atoms with Crippen LogP contribution >= 0.6 is 12.6 Å². The Morgan fingerprint density at radius 3 is 2.92 bits per heavy atom. The van der Waals surface area contributed by atoms with Gasteiger partial charge in [-0.3, -0.25) is 4.79 Å². The van der Waals surface area contributed by atoms with Crippen LogP contribution in [0.4, 0.5) is 0 Å². The minimum Gasteiger partial charge on any atom is -0.352 e. The van der Waals surface area contributed by atoms with Crippen molar-refractivity contribution in [3.8, 4) is 0 Å². The second-order valence-electron chi connectivity index (χ2n) is 2.81. The number of amides is 1. The van der Waals surface area contributed by atoms with E-state index in [1.54, 1.807) is 12.1 Å². The van der Waals surface area contributed by atoms with Gasteiger partial charge in [0.15, 0.2) is 0 Å². The molecule has 0 aliphatic rings. The van der Waals surface area contributed by atoms with E-state index < -0.39 is 0 Å². The van der Waals surface area contributed by atoms with Gasteiger partial charge in [-0.1, -0.05) is 13.0 Å². The molecule has 0 aromatic heterocycles. The van der Waals surface area contributed by atoms with Crippen molar-refractivity contribution >= 4 is 18.5 Å². The van der Waals surface area contributed by atoms with Crippen molar-refractivity contribution < 1.29 is 4.79 Å². The molecule has 3 heteroatoms. The largest absolute Gasteiger partial charge is 0.352 e. The predicted octanol–water partition coefficient (Wildman–Crippen LogP) is 2.12. The van der Waals surface area contributed by atoms with Crippen LogP contribution < -0.4 is 5.32 Å². The van der Waals surface area contributed by atoms with Crippen LogP contribution in [-0.4, -0.2) is 12.5 Å². The Balaban J connectivity index is 2.66. The summed E-state index contributed by atoms with van der Waals surface area (Å²) < 4.78 is 0. The molecule has 0 fully saturated rings. The van der Waals surface area contributed by atoms with Gasteiger partial charge < -0.3 is 5.32 Å². The van der Waals surface area contributed by atoms with Gasteiger partial charge in [0.1, 0.15) is 0 Å². The standard InChI is InChI=1S/C10H13NOS/c1-2-6-11-10(12)8-4-3-5-9(13)7-8/h3-5,7,13H,2,6H2,1H3,(H,11,12). The van der Waals surface area contributed by atoms with E-state index in [0.29, 0.717) is 5.56 Å². The summed E-state index contributed by atoms with van der Waals surface area (Å²) in [6.07, 6.45) is 0.951. The highest BCUT2D eigenvalue weighted by molar-refractivity contribution is 7.80. The zero-order valence-corrected chi connectivity index (χ0v) is 8.47. The second kappa shape index (κ2) is 4.92. The van der Waals surface area contributed by atoms with Crippen molar-refractivity contribution in [2.45, 2.75) is 18.2 Å². The van der Waals surface area contributed by atoms with Crippen LogP contribution in [0.15, 0.2) is 29.2 Å². The summed E-state index contributed by atoms with van der Waals surface area (Å²) in [5, 5.41) is 2.80. The maximum atomic E-state index is 11.4. The molecule has 0 bridgehead atoms. The molecule has 0 aliphatic heterocycles. The third kappa shape index (κ3) is 3.11. The molecule has 0 unspecified atom stereocenters. The Morgan fingerprint density at radius 2 is 2.31 bits per heavy atom. The Hall–Kier alpha value is -0.960. The molecule has 0 atom stereocenters. The fourth-order valence-corrected chi connectivity index (χ4v) is 1.21. The highest BCUT2D eigenvalue weighted by Crippen LogP contribution is 2.08. The van der Waals surface area contributed by atoms with Crippen LogP contribution in [0, 0.1) is 0 Å². The normalized spacial score (nSPS) is 9.69. The number of carbonyl (C=O) groups excluding carboxylic acids is 1. The third-order valence-corrected chi connectivity index (χ3v) is 1.92.